The van der Waals surface area contributed by atoms with Crippen molar-refractivity contribution < 1.29 is 27.8 Å². The van der Waals surface area contributed by atoms with Crippen LogP contribution in [0.15, 0.2) is 18.5 Å². The highest BCUT2D eigenvalue weighted by atomic mass is 19.4. The predicted molar refractivity (Wildman–Crippen MR) is 79.4 cm³/mol. The Balaban J connectivity index is 2.09. The number of pyridine rings is 1. The predicted octanol–water partition coefficient (Wildman–Crippen LogP) is 0.912. The number of nitrogens with zero attached hydrogens (tertiary/aromatic N) is 2. The van der Waals surface area contributed by atoms with Gasteiger partial charge in [0.15, 0.2) is 0 Å². The summed E-state index contributed by atoms with van der Waals surface area (Å²) < 4.78 is 43.5. The molecule has 1 saturated heterocycles. The second kappa shape index (κ2) is 7.04. The lowest BCUT2D eigenvalue weighted by Crippen LogP contribution is -2.65. The Morgan fingerprint density at radius 2 is 2.25 bits per heavy atom. The zero-order valence-electron chi connectivity index (χ0n) is 13.4. The van der Waals surface area contributed by atoms with E-state index in [1.807, 2.05) is 11.8 Å². The molecule has 1 aromatic heterocycles. The molecule has 0 aromatic carbocycles. The molecule has 1 amide bonds. The van der Waals surface area contributed by atoms with Crippen molar-refractivity contribution in [2.75, 3.05) is 33.4 Å². The zero-order chi connectivity index (χ0) is 18.0. The normalized spacial score (nSPS) is 25.5. The van der Waals surface area contributed by atoms with E-state index in [0.29, 0.717) is 12.8 Å². The Hall–Kier alpha value is -1.71. The molecular formula is C15H20F3N3O3. The van der Waals surface area contributed by atoms with Crippen molar-refractivity contribution in [1.82, 2.24) is 15.2 Å². The summed E-state index contributed by atoms with van der Waals surface area (Å²) in [5.41, 5.74) is -1.99. The van der Waals surface area contributed by atoms with E-state index < -0.39 is 23.2 Å². The fourth-order valence-corrected chi connectivity index (χ4v) is 2.56. The van der Waals surface area contributed by atoms with Gasteiger partial charge >= 0.3 is 6.18 Å². The van der Waals surface area contributed by atoms with Crippen LogP contribution in [0.4, 0.5) is 13.2 Å². The molecule has 0 saturated carbocycles. The van der Waals surface area contributed by atoms with Crippen LogP contribution in [0, 0.1) is 0 Å². The number of carbonyl (C=O) groups is 1. The summed E-state index contributed by atoms with van der Waals surface area (Å²) in [6.07, 6.45) is -2.83. The number of rotatable bonds is 4. The van der Waals surface area contributed by atoms with E-state index in [2.05, 4.69) is 10.3 Å². The summed E-state index contributed by atoms with van der Waals surface area (Å²) >= 11 is 0. The molecule has 2 rings (SSSR count). The van der Waals surface area contributed by atoms with E-state index in [-0.39, 0.29) is 31.4 Å². The lowest BCUT2D eigenvalue weighted by Gasteiger charge is -2.47. The van der Waals surface area contributed by atoms with Crippen molar-refractivity contribution in [3.05, 3.63) is 29.6 Å². The molecule has 1 aliphatic rings. The Labute approximate surface area is 137 Å². The van der Waals surface area contributed by atoms with E-state index in [0.717, 1.165) is 12.3 Å². The third-order valence-corrected chi connectivity index (χ3v) is 4.34. The zero-order valence-corrected chi connectivity index (χ0v) is 13.4. The molecule has 2 atom stereocenters. The molecule has 1 aromatic rings. The molecule has 24 heavy (non-hydrogen) atoms. The van der Waals surface area contributed by atoms with E-state index in [9.17, 15) is 23.1 Å². The number of hydrogen-bond acceptors (Lipinski definition) is 5. The Morgan fingerprint density at radius 3 is 2.88 bits per heavy atom. The van der Waals surface area contributed by atoms with Crippen molar-refractivity contribution in [2.45, 2.75) is 24.7 Å². The van der Waals surface area contributed by atoms with Gasteiger partial charge < -0.3 is 15.2 Å². The van der Waals surface area contributed by atoms with E-state index in [4.69, 9.17) is 4.74 Å². The number of aromatic nitrogens is 1. The number of carbonyl (C=O) groups excluding carboxylic acids is 1. The van der Waals surface area contributed by atoms with Gasteiger partial charge in [-0.2, -0.15) is 13.2 Å². The van der Waals surface area contributed by atoms with Crippen molar-refractivity contribution in [1.29, 1.82) is 0 Å². The standard InChI is InChI=1S/C15H20F3N3O3/c1-10-6-24-9-14(8-22,21(10)2)7-20-13(23)11-3-12(5-19-4-11)15(16,17)18/h3-5,10,22H,6-9H2,1-2H3,(H,20,23)/t10-,14+/m1/s1. The highest BCUT2D eigenvalue weighted by Crippen LogP contribution is 2.29. The number of ether oxygens (including phenoxy) is 1. The minimum atomic E-state index is -4.57. The van der Waals surface area contributed by atoms with Crippen molar-refractivity contribution in [2.24, 2.45) is 0 Å². The van der Waals surface area contributed by atoms with Crippen LogP contribution < -0.4 is 5.32 Å². The van der Waals surface area contributed by atoms with E-state index in [1.54, 1.807) is 7.05 Å². The first-order chi connectivity index (χ1) is 11.2. The van der Waals surface area contributed by atoms with Crippen LogP contribution >= 0.6 is 0 Å². The molecule has 2 N–H and O–H groups in total. The minimum absolute atomic E-state index is 0.0398. The third-order valence-electron chi connectivity index (χ3n) is 4.34. The molecule has 1 fully saturated rings. The summed E-state index contributed by atoms with van der Waals surface area (Å²) in [5.74, 6) is -0.687. The van der Waals surface area contributed by atoms with Crippen LogP contribution in [-0.4, -0.2) is 65.9 Å². The lowest BCUT2D eigenvalue weighted by molar-refractivity contribution is -0.137. The summed E-state index contributed by atoms with van der Waals surface area (Å²) in [6, 6.07) is 0.788. The molecule has 9 heteroatoms. The lowest BCUT2D eigenvalue weighted by atomic mass is 9.96. The first-order valence-corrected chi connectivity index (χ1v) is 7.41. The van der Waals surface area contributed by atoms with Crippen molar-refractivity contribution in [3.8, 4) is 0 Å². The molecule has 0 unspecified atom stereocenters. The van der Waals surface area contributed by atoms with Gasteiger partial charge in [0.25, 0.3) is 5.91 Å². The summed E-state index contributed by atoms with van der Waals surface area (Å²) in [6.45, 7) is 2.42. The fraction of sp³-hybridized carbons (Fsp3) is 0.600. The smallest absolute Gasteiger partial charge is 0.394 e. The summed E-state index contributed by atoms with van der Waals surface area (Å²) in [7, 11) is 1.81. The average Bonchev–Trinajstić information content (AvgIpc) is 2.55. The number of alkyl halides is 3. The van der Waals surface area contributed by atoms with Gasteiger partial charge in [-0.25, -0.2) is 0 Å². The van der Waals surface area contributed by atoms with Crippen LogP contribution in [0.25, 0.3) is 0 Å². The van der Waals surface area contributed by atoms with Crippen molar-refractivity contribution in [3.63, 3.8) is 0 Å². The summed E-state index contributed by atoms with van der Waals surface area (Å²) in [5, 5.41) is 12.3. The number of morpholine rings is 1. The van der Waals surface area contributed by atoms with Crippen LogP contribution in [0.2, 0.25) is 0 Å². The molecule has 134 valence electrons. The number of likely N-dealkylation sites (N-methyl/N-ethyl adjacent to an activating group) is 1. The van der Waals surface area contributed by atoms with Gasteiger partial charge in [0, 0.05) is 25.0 Å². The van der Waals surface area contributed by atoms with Gasteiger partial charge in [-0.3, -0.25) is 14.7 Å². The molecule has 2 heterocycles. The number of nitrogens with one attached hydrogen (secondary N) is 1. The van der Waals surface area contributed by atoms with E-state index in [1.165, 1.54) is 0 Å². The molecule has 0 bridgehead atoms. The molecule has 0 spiro atoms. The largest absolute Gasteiger partial charge is 0.417 e. The molecular weight excluding hydrogens is 327 g/mol. The fourth-order valence-electron chi connectivity index (χ4n) is 2.56. The summed E-state index contributed by atoms with van der Waals surface area (Å²) in [4.78, 5) is 17.5. The number of aliphatic hydroxyl groups is 1. The van der Waals surface area contributed by atoms with Gasteiger partial charge in [0.05, 0.1) is 36.5 Å². The van der Waals surface area contributed by atoms with E-state index >= 15 is 0 Å². The first kappa shape index (κ1) is 18.6. The van der Waals surface area contributed by atoms with Crippen LogP contribution in [0.1, 0.15) is 22.8 Å². The SMILES string of the molecule is C[C@@H]1COC[C@@](CO)(CNC(=O)c2cncc(C(F)(F)F)c2)N1C. The van der Waals surface area contributed by atoms with Gasteiger partial charge in [0.1, 0.15) is 0 Å². The van der Waals surface area contributed by atoms with Gasteiger partial charge in [-0.15, -0.1) is 0 Å². The minimum Gasteiger partial charge on any atom is -0.394 e. The topological polar surface area (TPSA) is 74.7 Å². The maximum absolute atomic E-state index is 12.7. The Kier molecular flexibility index (Phi) is 5.46. The second-order valence-electron chi connectivity index (χ2n) is 6.00. The average molecular weight is 347 g/mol. The molecule has 0 radical (unpaired) electrons. The van der Waals surface area contributed by atoms with Crippen LogP contribution in [0.5, 0.6) is 0 Å². The Morgan fingerprint density at radius 1 is 1.54 bits per heavy atom. The van der Waals surface area contributed by atoms with Crippen molar-refractivity contribution >= 4 is 5.91 Å². The number of hydrogen-bond donors (Lipinski definition) is 2. The Bertz CT molecular complexity index is 597. The van der Waals surface area contributed by atoms with Gasteiger partial charge in [-0.1, -0.05) is 0 Å². The molecule has 0 aliphatic carbocycles. The highest BCUT2D eigenvalue weighted by molar-refractivity contribution is 5.94. The maximum Gasteiger partial charge on any atom is 0.417 e. The van der Waals surface area contributed by atoms with Gasteiger partial charge in [0.2, 0.25) is 0 Å². The highest BCUT2D eigenvalue weighted by Gasteiger charge is 2.40. The number of amides is 1. The third kappa shape index (κ3) is 3.85. The van der Waals surface area contributed by atoms with Gasteiger partial charge in [-0.05, 0) is 20.0 Å². The van der Waals surface area contributed by atoms with Crippen LogP contribution in [0.3, 0.4) is 0 Å². The number of halogens is 3. The second-order valence-corrected chi connectivity index (χ2v) is 6.00. The monoisotopic (exact) mass is 347 g/mol. The first-order valence-electron chi connectivity index (χ1n) is 7.41. The maximum atomic E-state index is 12.7. The quantitative estimate of drug-likeness (QED) is 0.847. The molecule has 1 aliphatic heterocycles. The number of aliphatic hydroxyl groups excluding tert-OH is 1. The van der Waals surface area contributed by atoms with Crippen LogP contribution in [-0.2, 0) is 10.9 Å². The molecule has 6 nitrogen and oxygen atoms in total.